The van der Waals surface area contributed by atoms with Gasteiger partial charge in [-0.1, -0.05) is 0 Å². The Bertz CT molecular complexity index is 433. The van der Waals surface area contributed by atoms with Crippen molar-refractivity contribution in [2.45, 2.75) is 6.42 Å². The Morgan fingerprint density at radius 2 is 2.50 bits per heavy atom. The van der Waals surface area contributed by atoms with E-state index in [1.54, 1.807) is 0 Å². The van der Waals surface area contributed by atoms with E-state index in [4.69, 9.17) is 0 Å². The number of nitrogens with zero attached hydrogens (tertiary/aromatic N) is 1. The zero-order valence-corrected chi connectivity index (χ0v) is 7.32. The molecule has 1 N–H and O–H groups in total. The number of thiophene rings is 1. The van der Waals surface area contributed by atoms with Crippen LogP contribution in [0.5, 0.6) is 0 Å². The van der Waals surface area contributed by atoms with E-state index in [0.29, 0.717) is 0 Å². The molecule has 3 rings (SSSR count). The molecule has 0 atom stereocenters. The highest BCUT2D eigenvalue weighted by Gasteiger charge is 2.16. The lowest BCUT2D eigenvalue weighted by molar-refractivity contribution is 1.12. The Balaban J connectivity index is 2.44. The summed E-state index contributed by atoms with van der Waals surface area (Å²) < 4.78 is 0. The van der Waals surface area contributed by atoms with Gasteiger partial charge in [0, 0.05) is 29.4 Å². The molecule has 0 saturated carbocycles. The van der Waals surface area contributed by atoms with Crippen LogP contribution in [0.25, 0.3) is 10.2 Å². The van der Waals surface area contributed by atoms with Crippen molar-refractivity contribution in [1.29, 1.82) is 0 Å². The maximum absolute atomic E-state index is 4.32. The molecule has 2 aromatic heterocycles. The largest absolute Gasteiger partial charge is 0.383 e. The molecular weight excluding hydrogens is 168 g/mol. The SMILES string of the molecule is c1cnc2sc3c(c2c1)NCC3. The lowest BCUT2D eigenvalue weighted by atomic mass is 10.3. The summed E-state index contributed by atoms with van der Waals surface area (Å²) in [7, 11) is 0. The predicted molar refractivity (Wildman–Crippen MR) is 51.8 cm³/mol. The average Bonchev–Trinajstić information content (AvgIpc) is 2.62. The van der Waals surface area contributed by atoms with Crippen LogP contribution in [-0.2, 0) is 6.42 Å². The Hall–Kier alpha value is -1.09. The number of hydrogen-bond acceptors (Lipinski definition) is 3. The average molecular weight is 176 g/mol. The van der Waals surface area contributed by atoms with Crippen molar-refractivity contribution in [1.82, 2.24) is 4.98 Å². The molecule has 3 heterocycles. The van der Waals surface area contributed by atoms with Crippen molar-refractivity contribution in [2.75, 3.05) is 11.9 Å². The van der Waals surface area contributed by atoms with Gasteiger partial charge in [0.1, 0.15) is 4.83 Å². The van der Waals surface area contributed by atoms with Gasteiger partial charge >= 0.3 is 0 Å². The van der Waals surface area contributed by atoms with Gasteiger partial charge in [-0.15, -0.1) is 11.3 Å². The van der Waals surface area contributed by atoms with E-state index in [1.807, 2.05) is 23.6 Å². The summed E-state index contributed by atoms with van der Waals surface area (Å²) in [4.78, 5) is 6.95. The Morgan fingerprint density at radius 3 is 3.50 bits per heavy atom. The summed E-state index contributed by atoms with van der Waals surface area (Å²) in [5.41, 5.74) is 1.32. The van der Waals surface area contributed by atoms with Crippen molar-refractivity contribution in [3.8, 4) is 0 Å². The third-order valence-electron chi connectivity index (χ3n) is 2.19. The molecule has 12 heavy (non-hydrogen) atoms. The van der Waals surface area contributed by atoms with E-state index in [-0.39, 0.29) is 0 Å². The molecular formula is C9H8N2S. The summed E-state index contributed by atoms with van der Waals surface area (Å²) in [5.74, 6) is 0. The second kappa shape index (κ2) is 2.20. The molecule has 0 saturated heterocycles. The topological polar surface area (TPSA) is 24.9 Å². The molecule has 1 aliphatic rings. The van der Waals surface area contributed by atoms with Crippen LogP contribution in [-0.4, -0.2) is 11.5 Å². The number of nitrogens with one attached hydrogen (secondary N) is 1. The molecule has 0 bridgehead atoms. The van der Waals surface area contributed by atoms with Crippen molar-refractivity contribution in [3.05, 3.63) is 23.2 Å². The number of anilines is 1. The van der Waals surface area contributed by atoms with Gasteiger partial charge < -0.3 is 5.32 Å². The number of pyridine rings is 1. The number of rotatable bonds is 0. The highest BCUT2D eigenvalue weighted by atomic mass is 32.1. The van der Waals surface area contributed by atoms with E-state index < -0.39 is 0 Å². The zero-order chi connectivity index (χ0) is 7.97. The van der Waals surface area contributed by atoms with Gasteiger partial charge in [0.15, 0.2) is 0 Å². The van der Waals surface area contributed by atoms with E-state index in [1.165, 1.54) is 16.0 Å². The van der Waals surface area contributed by atoms with Crippen LogP contribution in [0.4, 0.5) is 5.69 Å². The minimum Gasteiger partial charge on any atom is -0.383 e. The van der Waals surface area contributed by atoms with Crippen molar-refractivity contribution in [2.24, 2.45) is 0 Å². The first-order valence-corrected chi connectivity index (χ1v) is 4.87. The summed E-state index contributed by atoms with van der Waals surface area (Å²) >= 11 is 1.81. The van der Waals surface area contributed by atoms with Crippen molar-refractivity contribution >= 4 is 27.2 Å². The minimum atomic E-state index is 1.09. The van der Waals surface area contributed by atoms with Gasteiger partial charge in [-0.3, -0.25) is 0 Å². The van der Waals surface area contributed by atoms with Crippen LogP contribution in [0, 0.1) is 0 Å². The second-order valence-electron chi connectivity index (χ2n) is 2.93. The molecule has 0 aromatic carbocycles. The summed E-state index contributed by atoms with van der Waals surface area (Å²) in [6.45, 7) is 1.09. The molecule has 0 amide bonds. The van der Waals surface area contributed by atoms with Crippen LogP contribution < -0.4 is 5.32 Å². The highest BCUT2D eigenvalue weighted by Crippen LogP contribution is 2.37. The first-order valence-electron chi connectivity index (χ1n) is 4.05. The first-order chi connectivity index (χ1) is 5.95. The molecule has 0 unspecified atom stereocenters. The molecule has 2 aromatic rings. The molecule has 0 spiro atoms. The van der Waals surface area contributed by atoms with Gasteiger partial charge in [-0.05, 0) is 12.1 Å². The minimum absolute atomic E-state index is 1.09. The van der Waals surface area contributed by atoms with Crippen LogP contribution in [0.3, 0.4) is 0 Å². The van der Waals surface area contributed by atoms with Crippen molar-refractivity contribution in [3.63, 3.8) is 0 Å². The molecule has 0 fully saturated rings. The van der Waals surface area contributed by atoms with Crippen LogP contribution >= 0.6 is 11.3 Å². The van der Waals surface area contributed by atoms with Crippen molar-refractivity contribution < 1.29 is 0 Å². The fraction of sp³-hybridized carbons (Fsp3) is 0.222. The molecule has 3 heteroatoms. The van der Waals surface area contributed by atoms with E-state index in [2.05, 4.69) is 16.4 Å². The Morgan fingerprint density at radius 1 is 1.50 bits per heavy atom. The second-order valence-corrected chi connectivity index (χ2v) is 4.02. The fourth-order valence-electron chi connectivity index (χ4n) is 1.65. The quantitative estimate of drug-likeness (QED) is 0.666. The highest BCUT2D eigenvalue weighted by molar-refractivity contribution is 7.19. The number of aromatic nitrogens is 1. The molecule has 1 aliphatic heterocycles. The summed E-state index contributed by atoms with van der Waals surface area (Å²) in [6, 6.07) is 4.13. The van der Waals surface area contributed by atoms with Gasteiger partial charge in [-0.25, -0.2) is 4.98 Å². The number of hydrogen-bond donors (Lipinski definition) is 1. The van der Waals surface area contributed by atoms with Crippen LogP contribution in [0.15, 0.2) is 18.3 Å². The van der Waals surface area contributed by atoms with Gasteiger partial charge in [0.05, 0.1) is 5.69 Å². The summed E-state index contributed by atoms with van der Waals surface area (Å²) in [5, 5.41) is 4.68. The van der Waals surface area contributed by atoms with Gasteiger partial charge in [-0.2, -0.15) is 0 Å². The molecule has 2 nitrogen and oxygen atoms in total. The van der Waals surface area contributed by atoms with E-state index in [0.717, 1.165) is 17.8 Å². The van der Waals surface area contributed by atoms with Gasteiger partial charge in [0.2, 0.25) is 0 Å². The normalized spacial score (nSPS) is 14.7. The molecule has 60 valence electrons. The molecule has 0 radical (unpaired) electrons. The van der Waals surface area contributed by atoms with Gasteiger partial charge in [0.25, 0.3) is 0 Å². The maximum atomic E-state index is 4.32. The molecule has 0 aliphatic carbocycles. The van der Waals surface area contributed by atoms with E-state index >= 15 is 0 Å². The third-order valence-corrected chi connectivity index (χ3v) is 3.37. The monoisotopic (exact) mass is 176 g/mol. The Kier molecular flexibility index (Phi) is 1.18. The number of fused-ring (bicyclic) bond motifs is 3. The fourth-order valence-corrected chi connectivity index (χ4v) is 2.77. The van der Waals surface area contributed by atoms with E-state index in [9.17, 15) is 0 Å². The summed E-state index contributed by atoms with van der Waals surface area (Å²) in [6.07, 6.45) is 3.02. The predicted octanol–water partition coefficient (Wildman–Crippen LogP) is 2.26. The Labute approximate surface area is 74.2 Å². The lowest BCUT2D eigenvalue weighted by Crippen LogP contribution is -1.92. The zero-order valence-electron chi connectivity index (χ0n) is 6.50. The standard InChI is InChI=1S/C9H8N2S/c1-2-6-8-7(3-5-10-8)12-9(6)11-4-1/h1-2,4,10H,3,5H2. The third kappa shape index (κ3) is 0.716. The van der Waals surface area contributed by atoms with Crippen LogP contribution in [0.2, 0.25) is 0 Å². The lowest BCUT2D eigenvalue weighted by Gasteiger charge is -1.93. The first kappa shape index (κ1) is 6.43. The smallest absolute Gasteiger partial charge is 0.125 e. The van der Waals surface area contributed by atoms with Crippen LogP contribution in [0.1, 0.15) is 4.88 Å². The maximum Gasteiger partial charge on any atom is 0.125 e.